The van der Waals surface area contributed by atoms with Crippen molar-refractivity contribution in [1.29, 1.82) is 0 Å². The van der Waals surface area contributed by atoms with E-state index in [4.69, 9.17) is 0 Å². The quantitative estimate of drug-likeness (QED) is 0.724. The van der Waals surface area contributed by atoms with Gasteiger partial charge in [-0.25, -0.2) is 8.42 Å². The number of amides is 2. The first-order chi connectivity index (χ1) is 14.5. The first kappa shape index (κ1) is 22.8. The lowest BCUT2D eigenvalue weighted by Crippen LogP contribution is -2.35. The number of alkyl halides is 3. The summed E-state index contributed by atoms with van der Waals surface area (Å²) in [5.41, 5.74) is 0.204. The maximum atomic E-state index is 12.9. The van der Waals surface area contributed by atoms with Gasteiger partial charge in [-0.05, 0) is 54.8 Å². The summed E-state index contributed by atoms with van der Waals surface area (Å²) in [6, 6.07) is 8.36. The van der Waals surface area contributed by atoms with Crippen molar-refractivity contribution in [3.63, 3.8) is 0 Å². The van der Waals surface area contributed by atoms with Crippen molar-refractivity contribution in [2.45, 2.75) is 30.3 Å². The van der Waals surface area contributed by atoms with Crippen LogP contribution >= 0.6 is 0 Å². The molecule has 0 saturated heterocycles. The largest absolute Gasteiger partial charge is 0.416 e. The van der Waals surface area contributed by atoms with E-state index in [2.05, 4.69) is 10.6 Å². The van der Waals surface area contributed by atoms with Gasteiger partial charge < -0.3 is 10.6 Å². The van der Waals surface area contributed by atoms with Gasteiger partial charge in [-0.3, -0.25) is 9.59 Å². The molecule has 2 aromatic carbocycles. The van der Waals surface area contributed by atoms with E-state index in [0.29, 0.717) is 30.5 Å². The third-order valence-corrected chi connectivity index (χ3v) is 6.55. The highest BCUT2D eigenvalue weighted by Crippen LogP contribution is 2.31. The zero-order valence-electron chi connectivity index (χ0n) is 16.5. The Hall–Kier alpha value is -2.92. The number of anilines is 2. The molecule has 1 heterocycles. The van der Waals surface area contributed by atoms with Gasteiger partial charge in [0.1, 0.15) is 0 Å². The van der Waals surface area contributed by atoms with Gasteiger partial charge in [-0.2, -0.15) is 17.5 Å². The number of nitrogens with one attached hydrogen (secondary N) is 2. The van der Waals surface area contributed by atoms with Crippen molar-refractivity contribution in [1.82, 2.24) is 4.31 Å². The van der Waals surface area contributed by atoms with Crippen LogP contribution in [0.2, 0.25) is 0 Å². The summed E-state index contributed by atoms with van der Waals surface area (Å²) < 4.78 is 64.9. The van der Waals surface area contributed by atoms with Gasteiger partial charge >= 0.3 is 6.18 Å². The minimum atomic E-state index is -4.56. The minimum Gasteiger partial charge on any atom is -0.326 e. The predicted octanol–water partition coefficient (Wildman–Crippen LogP) is 3.24. The number of benzene rings is 2. The molecule has 11 heteroatoms. The monoisotopic (exact) mass is 455 g/mol. The zero-order chi connectivity index (χ0) is 22.8. The lowest BCUT2D eigenvalue weighted by Gasteiger charge is -2.18. The van der Waals surface area contributed by atoms with Gasteiger partial charge in [-0.1, -0.05) is 6.07 Å². The summed E-state index contributed by atoms with van der Waals surface area (Å²) >= 11 is 0. The molecule has 2 amide bonds. The topological polar surface area (TPSA) is 95.6 Å². The second-order valence-corrected chi connectivity index (χ2v) is 9.15. The molecule has 3 rings (SSSR count). The summed E-state index contributed by atoms with van der Waals surface area (Å²) in [7, 11) is -2.83. The number of hydrogen-bond acceptors (Lipinski definition) is 4. The SMILES string of the molecule is CN(CC(=O)Nc1cccc(C(F)(F)F)c1)S(=O)(=O)c1ccc2c(c1)CCCC(=O)N2. The number of aryl methyl sites for hydroxylation is 1. The summed E-state index contributed by atoms with van der Waals surface area (Å²) in [5, 5.41) is 4.99. The van der Waals surface area contributed by atoms with Gasteiger partial charge in [0.2, 0.25) is 21.8 Å². The van der Waals surface area contributed by atoms with Crippen LogP contribution in [-0.4, -0.2) is 38.1 Å². The molecule has 1 aliphatic heterocycles. The number of sulfonamides is 1. The number of fused-ring (bicyclic) bond motifs is 1. The van der Waals surface area contributed by atoms with Crippen LogP contribution in [0.1, 0.15) is 24.0 Å². The maximum absolute atomic E-state index is 12.9. The molecule has 0 fully saturated rings. The Kier molecular flexibility index (Phi) is 6.37. The Labute approximate surface area is 177 Å². The van der Waals surface area contributed by atoms with Crippen molar-refractivity contribution >= 4 is 33.2 Å². The molecule has 0 saturated carbocycles. The minimum absolute atomic E-state index is 0.0447. The van der Waals surface area contributed by atoms with Crippen LogP contribution in [0.3, 0.4) is 0 Å². The first-order valence-corrected chi connectivity index (χ1v) is 10.8. The van der Waals surface area contributed by atoms with E-state index in [-0.39, 0.29) is 16.5 Å². The molecule has 0 aliphatic carbocycles. The highest BCUT2D eigenvalue weighted by molar-refractivity contribution is 7.89. The highest BCUT2D eigenvalue weighted by Gasteiger charge is 2.30. The molecular formula is C20H20F3N3O4S. The Morgan fingerprint density at radius 2 is 1.90 bits per heavy atom. The van der Waals surface area contributed by atoms with Crippen molar-refractivity contribution in [3.8, 4) is 0 Å². The van der Waals surface area contributed by atoms with Crippen LogP contribution < -0.4 is 10.6 Å². The molecule has 0 spiro atoms. The molecule has 2 N–H and O–H groups in total. The number of rotatable bonds is 5. The van der Waals surface area contributed by atoms with Gasteiger partial charge in [0.25, 0.3) is 0 Å². The lowest BCUT2D eigenvalue weighted by molar-refractivity contribution is -0.137. The molecule has 0 atom stereocenters. The van der Waals surface area contributed by atoms with Crippen molar-refractivity contribution in [2.75, 3.05) is 24.2 Å². The molecular weight excluding hydrogens is 435 g/mol. The van der Waals surface area contributed by atoms with Crippen LogP contribution in [0.15, 0.2) is 47.4 Å². The molecule has 0 unspecified atom stereocenters. The third kappa shape index (κ3) is 5.42. The standard InChI is InChI=1S/C20H20F3N3O4S/c1-26(12-19(28)24-15-6-3-5-14(11-15)20(21,22)23)31(29,30)16-8-9-17-13(10-16)4-2-7-18(27)25-17/h3,5-6,8-11H,2,4,7,12H2,1H3,(H,24,28)(H,25,27). The molecule has 7 nitrogen and oxygen atoms in total. The number of hydrogen-bond donors (Lipinski definition) is 2. The summed E-state index contributed by atoms with van der Waals surface area (Å²) in [5.74, 6) is -0.926. The second kappa shape index (κ2) is 8.67. The van der Waals surface area contributed by atoms with Gasteiger partial charge in [0.15, 0.2) is 0 Å². The Morgan fingerprint density at radius 3 is 2.61 bits per heavy atom. The van der Waals surface area contributed by atoms with Crippen LogP contribution in [0.25, 0.3) is 0 Å². The number of halogens is 3. The average Bonchev–Trinajstić information content (AvgIpc) is 2.87. The molecule has 2 aromatic rings. The maximum Gasteiger partial charge on any atom is 0.416 e. The number of likely N-dealkylation sites (N-methyl/N-ethyl adjacent to an activating group) is 1. The lowest BCUT2D eigenvalue weighted by atomic mass is 10.1. The van der Waals surface area contributed by atoms with Crippen molar-refractivity contribution in [3.05, 3.63) is 53.6 Å². The fourth-order valence-electron chi connectivity index (χ4n) is 3.15. The first-order valence-electron chi connectivity index (χ1n) is 9.33. The molecule has 0 bridgehead atoms. The summed E-state index contributed by atoms with van der Waals surface area (Å²) in [6.07, 6.45) is -3.12. The Morgan fingerprint density at radius 1 is 1.16 bits per heavy atom. The van der Waals surface area contributed by atoms with Gasteiger partial charge in [0.05, 0.1) is 17.0 Å². The summed E-state index contributed by atoms with van der Waals surface area (Å²) in [6.45, 7) is -0.591. The fraction of sp³-hybridized carbons (Fsp3) is 0.300. The van der Waals surface area contributed by atoms with E-state index >= 15 is 0 Å². The van der Waals surface area contributed by atoms with E-state index in [1.165, 1.54) is 31.3 Å². The predicted molar refractivity (Wildman–Crippen MR) is 108 cm³/mol. The average molecular weight is 455 g/mol. The van der Waals surface area contributed by atoms with Crippen LogP contribution in [0.5, 0.6) is 0 Å². The number of carbonyl (C=O) groups is 2. The normalized spacial score (nSPS) is 14.5. The van der Waals surface area contributed by atoms with E-state index < -0.39 is 34.2 Å². The molecule has 1 aliphatic rings. The molecule has 31 heavy (non-hydrogen) atoms. The number of carbonyl (C=O) groups excluding carboxylic acids is 2. The molecule has 0 aromatic heterocycles. The second-order valence-electron chi connectivity index (χ2n) is 7.11. The highest BCUT2D eigenvalue weighted by atomic mass is 32.2. The van der Waals surface area contributed by atoms with Crippen molar-refractivity contribution < 1.29 is 31.2 Å². The van der Waals surface area contributed by atoms with Gasteiger partial charge in [0, 0.05) is 24.8 Å². The Bertz CT molecular complexity index is 1120. The van der Waals surface area contributed by atoms with Crippen LogP contribution in [-0.2, 0) is 32.2 Å². The van der Waals surface area contributed by atoms with Gasteiger partial charge in [-0.15, -0.1) is 0 Å². The molecule has 166 valence electrons. The smallest absolute Gasteiger partial charge is 0.326 e. The fourth-order valence-corrected chi connectivity index (χ4v) is 4.33. The third-order valence-electron chi connectivity index (χ3n) is 4.75. The number of nitrogens with zero attached hydrogens (tertiary/aromatic N) is 1. The van der Waals surface area contributed by atoms with Crippen molar-refractivity contribution in [2.24, 2.45) is 0 Å². The molecule has 0 radical (unpaired) electrons. The Balaban J connectivity index is 1.72. The van der Waals surface area contributed by atoms with Crippen LogP contribution in [0, 0.1) is 0 Å². The van der Waals surface area contributed by atoms with E-state index in [1.807, 2.05) is 0 Å². The van der Waals surface area contributed by atoms with Crippen LogP contribution in [0.4, 0.5) is 24.5 Å². The van der Waals surface area contributed by atoms with E-state index in [9.17, 15) is 31.2 Å². The van der Waals surface area contributed by atoms with E-state index in [1.54, 1.807) is 0 Å². The summed E-state index contributed by atoms with van der Waals surface area (Å²) in [4.78, 5) is 23.8. The van der Waals surface area contributed by atoms with E-state index in [0.717, 1.165) is 22.5 Å². The zero-order valence-corrected chi connectivity index (χ0v) is 17.3.